The van der Waals surface area contributed by atoms with Crippen LogP contribution in [0.25, 0.3) is 0 Å². The molecule has 0 aliphatic carbocycles. The molecule has 0 bridgehead atoms. The number of nitrogen functional groups attached to an aromatic ring is 1. The molecule has 0 aliphatic heterocycles. The van der Waals surface area contributed by atoms with Gasteiger partial charge in [-0.05, 0) is 30.2 Å². The van der Waals surface area contributed by atoms with Crippen LogP contribution >= 0.6 is 23.4 Å². The van der Waals surface area contributed by atoms with Crippen molar-refractivity contribution in [2.45, 2.75) is 17.6 Å². The van der Waals surface area contributed by atoms with E-state index in [1.165, 1.54) is 35.0 Å². The first-order chi connectivity index (χ1) is 8.58. The van der Waals surface area contributed by atoms with E-state index in [1.807, 2.05) is 12.1 Å². The Bertz CT molecular complexity index is 572. The monoisotopic (exact) mass is 281 g/mol. The summed E-state index contributed by atoms with van der Waals surface area (Å²) >= 11 is 7.18. The maximum atomic E-state index is 13.4. The van der Waals surface area contributed by atoms with Gasteiger partial charge in [-0.15, -0.1) is 11.8 Å². The van der Waals surface area contributed by atoms with E-state index in [4.69, 9.17) is 17.3 Å². The van der Waals surface area contributed by atoms with Crippen molar-refractivity contribution in [2.75, 3.05) is 5.73 Å². The lowest BCUT2D eigenvalue weighted by atomic mass is 10.1. The maximum Gasteiger partial charge on any atom is 0.143 e. The summed E-state index contributed by atoms with van der Waals surface area (Å²) in [5.74, 6) is 0.330. The Labute approximate surface area is 115 Å². The maximum absolute atomic E-state index is 13.4. The number of hydrogen-bond acceptors (Lipinski definition) is 2. The summed E-state index contributed by atoms with van der Waals surface area (Å²) in [6.45, 7) is 2.06. The summed E-state index contributed by atoms with van der Waals surface area (Å²) in [5, 5.41) is 0.0627. The van der Waals surface area contributed by atoms with E-state index >= 15 is 0 Å². The third-order valence-electron chi connectivity index (χ3n) is 2.70. The SMILES string of the molecule is Cc1ccccc1CSc1cc(F)c(Cl)cc1N. The van der Waals surface area contributed by atoms with Gasteiger partial charge in [-0.1, -0.05) is 35.9 Å². The number of benzene rings is 2. The Kier molecular flexibility index (Phi) is 4.15. The predicted molar refractivity (Wildman–Crippen MR) is 76.6 cm³/mol. The Balaban J connectivity index is 2.16. The Hall–Kier alpha value is -1.19. The van der Waals surface area contributed by atoms with Crippen molar-refractivity contribution in [3.05, 3.63) is 58.4 Å². The van der Waals surface area contributed by atoms with Gasteiger partial charge in [-0.2, -0.15) is 0 Å². The molecule has 0 unspecified atom stereocenters. The van der Waals surface area contributed by atoms with Crippen molar-refractivity contribution in [1.29, 1.82) is 0 Å². The number of hydrogen-bond donors (Lipinski definition) is 1. The fourth-order valence-corrected chi connectivity index (χ4v) is 2.82. The molecule has 0 spiro atoms. The van der Waals surface area contributed by atoms with Crippen LogP contribution in [0.3, 0.4) is 0 Å². The Morgan fingerprint density at radius 2 is 2.00 bits per heavy atom. The molecule has 0 saturated heterocycles. The van der Waals surface area contributed by atoms with E-state index < -0.39 is 5.82 Å². The van der Waals surface area contributed by atoms with Crippen LogP contribution in [0.4, 0.5) is 10.1 Å². The molecule has 2 aromatic carbocycles. The number of anilines is 1. The van der Waals surface area contributed by atoms with Crippen molar-refractivity contribution in [2.24, 2.45) is 0 Å². The Morgan fingerprint density at radius 1 is 1.28 bits per heavy atom. The zero-order valence-corrected chi connectivity index (χ0v) is 11.5. The summed E-state index contributed by atoms with van der Waals surface area (Å²) in [7, 11) is 0. The summed E-state index contributed by atoms with van der Waals surface area (Å²) in [5.41, 5.74) is 8.77. The molecule has 0 radical (unpaired) electrons. The quantitative estimate of drug-likeness (QED) is 0.654. The fraction of sp³-hybridized carbons (Fsp3) is 0.143. The minimum Gasteiger partial charge on any atom is -0.398 e. The molecule has 4 heteroatoms. The molecule has 0 saturated carbocycles. The molecule has 0 atom stereocenters. The molecule has 2 N–H and O–H groups in total. The summed E-state index contributed by atoms with van der Waals surface area (Å²) in [4.78, 5) is 0.722. The average molecular weight is 282 g/mol. The number of rotatable bonds is 3. The van der Waals surface area contributed by atoms with E-state index in [-0.39, 0.29) is 5.02 Å². The molecular weight excluding hydrogens is 269 g/mol. The van der Waals surface area contributed by atoms with Crippen LogP contribution in [-0.4, -0.2) is 0 Å². The third-order valence-corrected chi connectivity index (χ3v) is 4.11. The number of halogens is 2. The second kappa shape index (κ2) is 5.63. The van der Waals surface area contributed by atoms with Crippen LogP contribution in [-0.2, 0) is 5.75 Å². The van der Waals surface area contributed by atoms with Gasteiger partial charge in [0.15, 0.2) is 0 Å². The number of aryl methyl sites for hydroxylation is 1. The standard InChI is InChI=1S/C14H13ClFNS/c1-9-4-2-3-5-10(9)8-18-14-7-12(16)11(15)6-13(14)17/h2-7H,8,17H2,1H3. The first-order valence-corrected chi connectivity index (χ1v) is 6.86. The van der Waals surface area contributed by atoms with Crippen molar-refractivity contribution in [1.82, 2.24) is 0 Å². The predicted octanol–water partition coefficient (Wildman–Crippen LogP) is 4.66. The van der Waals surface area contributed by atoms with Gasteiger partial charge < -0.3 is 5.73 Å². The summed E-state index contributed by atoms with van der Waals surface area (Å²) in [6, 6.07) is 11.0. The largest absolute Gasteiger partial charge is 0.398 e. The van der Waals surface area contributed by atoms with Crippen LogP contribution in [0.15, 0.2) is 41.3 Å². The van der Waals surface area contributed by atoms with E-state index in [0.717, 1.165) is 10.6 Å². The lowest BCUT2D eigenvalue weighted by molar-refractivity contribution is 0.625. The summed E-state index contributed by atoms with van der Waals surface area (Å²) < 4.78 is 13.4. The molecule has 94 valence electrons. The zero-order chi connectivity index (χ0) is 13.1. The van der Waals surface area contributed by atoms with Gasteiger partial charge in [-0.3, -0.25) is 0 Å². The van der Waals surface area contributed by atoms with Crippen LogP contribution in [0.5, 0.6) is 0 Å². The number of nitrogens with two attached hydrogens (primary N) is 1. The third kappa shape index (κ3) is 2.98. The topological polar surface area (TPSA) is 26.0 Å². The normalized spacial score (nSPS) is 10.6. The van der Waals surface area contributed by atoms with Crippen LogP contribution < -0.4 is 5.73 Å². The van der Waals surface area contributed by atoms with Gasteiger partial charge in [0.1, 0.15) is 5.82 Å². The van der Waals surface area contributed by atoms with Gasteiger partial charge in [-0.25, -0.2) is 4.39 Å². The van der Waals surface area contributed by atoms with Crippen molar-refractivity contribution >= 4 is 29.1 Å². The second-order valence-electron chi connectivity index (χ2n) is 4.02. The van der Waals surface area contributed by atoms with Gasteiger partial charge >= 0.3 is 0 Å². The van der Waals surface area contributed by atoms with Gasteiger partial charge in [0.25, 0.3) is 0 Å². The van der Waals surface area contributed by atoms with Crippen molar-refractivity contribution in [3.8, 4) is 0 Å². The smallest absolute Gasteiger partial charge is 0.143 e. The number of thioether (sulfide) groups is 1. The highest BCUT2D eigenvalue weighted by atomic mass is 35.5. The minimum absolute atomic E-state index is 0.0627. The minimum atomic E-state index is -0.432. The zero-order valence-electron chi connectivity index (χ0n) is 9.91. The molecule has 0 aromatic heterocycles. The second-order valence-corrected chi connectivity index (χ2v) is 5.44. The van der Waals surface area contributed by atoms with E-state index in [2.05, 4.69) is 19.1 Å². The van der Waals surface area contributed by atoms with Crippen molar-refractivity contribution < 1.29 is 4.39 Å². The molecule has 18 heavy (non-hydrogen) atoms. The van der Waals surface area contributed by atoms with Gasteiger partial charge in [0, 0.05) is 16.3 Å². The van der Waals surface area contributed by atoms with Gasteiger partial charge in [0.2, 0.25) is 0 Å². The molecular formula is C14H13ClFNS. The van der Waals surface area contributed by atoms with Gasteiger partial charge in [0.05, 0.1) is 5.02 Å². The molecule has 2 aromatic rings. The van der Waals surface area contributed by atoms with E-state index in [0.29, 0.717) is 5.69 Å². The molecule has 0 fully saturated rings. The highest BCUT2D eigenvalue weighted by molar-refractivity contribution is 7.98. The lowest BCUT2D eigenvalue weighted by Gasteiger charge is -2.08. The lowest BCUT2D eigenvalue weighted by Crippen LogP contribution is -1.92. The highest BCUT2D eigenvalue weighted by Crippen LogP contribution is 2.32. The molecule has 2 rings (SSSR count). The van der Waals surface area contributed by atoms with Crippen LogP contribution in [0, 0.1) is 12.7 Å². The average Bonchev–Trinajstić information content (AvgIpc) is 2.34. The molecule has 1 nitrogen and oxygen atoms in total. The first kappa shape index (κ1) is 13.2. The highest BCUT2D eigenvalue weighted by Gasteiger charge is 2.07. The Morgan fingerprint density at radius 3 is 2.72 bits per heavy atom. The van der Waals surface area contributed by atoms with E-state index in [9.17, 15) is 4.39 Å². The van der Waals surface area contributed by atoms with Crippen LogP contribution in [0.2, 0.25) is 5.02 Å². The molecule has 0 amide bonds. The van der Waals surface area contributed by atoms with E-state index in [1.54, 1.807) is 0 Å². The first-order valence-electron chi connectivity index (χ1n) is 5.50. The van der Waals surface area contributed by atoms with Crippen LogP contribution in [0.1, 0.15) is 11.1 Å². The van der Waals surface area contributed by atoms with Crippen molar-refractivity contribution in [3.63, 3.8) is 0 Å². The fourth-order valence-electron chi connectivity index (χ4n) is 1.60. The molecule has 0 aliphatic rings. The molecule has 0 heterocycles. The summed E-state index contributed by atoms with van der Waals surface area (Å²) in [6.07, 6.45) is 0.